The van der Waals surface area contributed by atoms with E-state index in [1.54, 1.807) is 0 Å². The summed E-state index contributed by atoms with van der Waals surface area (Å²) in [6, 6.07) is -0.112. The first-order chi connectivity index (χ1) is 8.02. The van der Waals surface area contributed by atoms with E-state index in [0.717, 1.165) is 25.7 Å². The van der Waals surface area contributed by atoms with Crippen molar-refractivity contribution >= 4 is 9.84 Å². The zero-order valence-corrected chi connectivity index (χ0v) is 12.8. The highest BCUT2D eigenvalue weighted by Gasteiger charge is 2.36. The summed E-state index contributed by atoms with van der Waals surface area (Å²) < 4.78 is 22.3. The maximum Gasteiger partial charge on any atom is 0.148 e. The number of nitrogens with one attached hydrogen (secondary N) is 1. The van der Waals surface area contributed by atoms with Gasteiger partial charge in [0, 0.05) is 18.8 Å². The molecule has 1 fully saturated rings. The zero-order valence-electron chi connectivity index (χ0n) is 12.0. The van der Waals surface area contributed by atoms with Gasteiger partial charge in [-0.3, -0.25) is 0 Å². The molecule has 18 heavy (non-hydrogen) atoms. The molecule has 0 aromatic carbocycles. The van der Waals surface area contributed by atoms with Gasteiger partial charge in [0.1, 0.15) is 9.84 Å². The summed E-state index contributed by atoms with van der Waals surface area (Å²) in [7, 11) is -2.96. The van der Waals surface area contributed by atoms with Crippen LogP contribution in [0.4, 0.5) is 0 Å². The van der Waals surface area contributed by atoms with Crippen LogP contribution in [0.15, 0.2) is 0 Å². The van der Waals surface area contributed by atoms with E-state index in [-0.39, 0.29) is 11.8 Å². The molecule has 1 unspecified atom stereocenters. The monoisotopic (exact) mass is 277 g/mol. The van der Waals surface area contributed by atoms with Crippen molar-refractivity contribution in [3.63, 3.8) is 0 Å². The molecule has 0 aromatic heterocycles. The molecule has 1 atom stereocenters. The Morgan fingerprint density at radius 1 is 1.22 bits per heavy atom. The van der Waals surface area contributed by atoms with Gasteiger partial charge < -0.3 is 10.4 Å². The van der Waals surface area contributed by atoms with Crippen LogP contribution in [0.2, 0.25) is 0 Å². The van der Waals surface area contributed by atoms with Gasteiger partial charge in [-0.2, -0.15) is 0 Å². The van der Waals surface area contributed by atoms with Gasteiger partial charge in [0.15, 0.2) is 0 Å². The van der Waals surface area contributed by atoms with Crippen molar-refractivity contribution in [2.45, 2.75) is 58.1 Å². The lowest BCUT2D eigenvalue weighted by Gasteiger charge is -2.40. The molecule has 0 heterocycles. The third-order valence-corrected chi connectivity index (χ3v) is 4.97. The molecular weight excluding hydrogens is 250 g/mol. The molecule has 4 nitrogen and oxygen atoms in total. The molecule has 1 aliphatic carbocycles. The van der Waals surface area contributed by atoms with Crippen LogP contribution in [-0.2, 0) is 9.84 Å². The highest BCUT2D eigenvalue weighted by Crippen LogP contribution is 2.39. The second kappa shape index (κ2) is 5.47. The number of hydrogen-bond acceptors (Lipinski definition) is 4. The second-order valence-corrected chi connectivity index (χ2v) is 8.95. The maximum absolute atomic E-state index is 11.2. The third kappa shape index (κ3) is 5.67. The molecule has 0 amide bonds. The third-order valence-electron chi connectivity index (χ3n) is 3.87. The van der Waals surface area contributed by atoms with Crippen molar-refractivity contribution < 1.29 is 13.5 Å². The lowest BCUT2D eigenvalue weighted by atomic mass is 9.71. The number of hydrogen-bond donors (Lipinski definition) is 2. The van der Waals surface area contributed by atoms with Gasteiger partial charge in [0.2, 0.25) is 0 Å². The SMILES string of the molecule is CC(CS(C)(=O)=O)NCC1(O)CCC(C)(C)CC1. The largest absolute Gasteiger partial charge is 0.389 e. The van der Waals surface area contributed by atoms with Crippen LogP contribution in [0.3, 0.4) is 0 Å². The summed E-state index contributed by atoms with van der Waals surface area (Å²) in [6.07, 6.45) is 4.86. The molecule has 0 aliphatic heterocycles. The van der Waals surface area contributed by atoms with Crippen LogP contribution in [0.5, 0.6) is 0 Å². The van der Waals surface area contributed by atoms with Gasteiger partial charge in [-0.1, -0.05) is 13.8 Å². The predicted octanol–water partition coefficient (Wildman–Crippen LogP) is 1.34. The van der Waals surface area contributed by atoms with E-state index < -0.39 is 15.4 Å². The minimum absolute atomic E-state index is 0.112. The minimum atomic E-state index is -2.96. The van der Waals surface area contributed by atoms with E-state index in [9.17, 15) is 13.5 Å². The Morgan fingerprint density at radius 2 is 1.72 bits per heavy atom. The first-order valence-corrected chi connectivity index (χ1v) is 8.71. The Balaban J connectivity index is 2.39. The Labute approximate surface area is 111 Å². The fraction of sp³-hybridized carbons (Fsp3) is 1.00. The number of sulfone groups is 1. The van der Waals surface area contributed by atoms with Crippen LogP contribution < -0.4 is 5.32 Å². The summed E-state index contributed by atoms with van der Waals surface area (Å²) in [5.74, 6) is 0.120. The van der Waals surface area contributed by atoms with E-state index in [2.05, 4.69) is 19.2 Å². The van der Waals surface area contributed by atoms with E-state index in [1.807, 2.05) is 6.92 Å². The first kappa shape index (κ1) is 15.9. The second-order valence-electron chi connectivity index (χ2n) is 6.76. The lowest BCUT2D eigenvalue weighted by molar-refractivity contribution is -0.0254. The predicted molar refractivity (Wildman–Crippen MR) is 74.4 cm³/mol. The van der Waals surface area contributed by atoms with Gasteiger partial charge in [-0.05, 0) is 38.0 Å². The van der Waals surface area contributed by atoms with Crippen molar-refractivity contribution in [3.8, 4) is 0 Å². The Hall–Kier alpha value is -0.130. The summed E-state index contributed by atoms with van der Waals surface area (Å²) in [4.78, 5) is 0. The quantitative estimate of drug-likeness (QED) is 0.796. The first-order valence-electron chi connectivity index (χ1n) is 6.65. The summed E-state index contributed by atoms with van der Waals surface area (Å²) in [6.45, 7) is 6.79. The van der Waals surface area contributed by atoms with Gasteiger partial charge in [0.05, 0.1) is 11.4 Å². The molecule has 108 valence electrons. The fourth-order valence-corrected chi connectivity index (χ4v) is 3.47. The lowest BCUT2D eigenvalue weighted by Crippen LogP contribution is -2.48. The Bertz CT molecular complexity index is 366. The fourth-order valence-electron chi connectivity index (χ4n) is 2.45. The van der Waals surface area contributed by atoms with Gasteiger partial charge >= 0.3 is 0 Å². The van der Waals surface area contributed by atoms with Crippen molar-refractivity contribution in [1.82, 2.24) is 5.32 Å². The van der Waals surface area contributed by atoms with Crippen molar-refractivity contribution in [2.24, 2.45) is 5.41 Å². The highest BCUT2D eigenvalue weighted by molar-refractivity contribution is 7.90. The molecule has 0 saturated heterocycles. The molecule has 1 rings (SSSR count). The molecule has 0 spiro atoms. The van der Waals surface area contributed by atoms with Crippen molar-refractivity contribution in [2.75, 3.05) is 18.6 Å². The Kier molecular flexibility index (Phi) is 4.84. The molecule has 0 radical (unpaired) electrons. The smallest absolute Gasteiger partial charge is 0.148 e. The van der Waals surface area contributed by atoms with Crippen LogP contribution >= 0.6 is 0 Å². The average Bonchev–Trinajstić information content (AvgIpc) is 2.18. The molecule has 1 aliphatic rings. The average molecular weight is 277 g/mol. The van der Waals surface area contributed by atoms with Gasteiger partial charge in [-0.15, -0.1) is 0 Å². The summed E-state index contributed by atoms with van der Waals surface area (Å²) in [5, 5.41) is 13.6. The molecule has 5 heteroatoms. The highest BCUT2D eigenvalue weighted by atomic mass is 32.2. The van der Waals surface area contributed by atoms with Gasteiger partial charge in [0.25, 0.3) is 0 Å². The zero-order chi connectivity index (χ0) is 14.0. The molecule has 0 aromatic rings. The van der Waals surface area contributed by atoms with Crippen LogP contribution in [0.1, 0.15) is 46.5 Å². The van der Waals surface area contributed by atoms with E-state index in [4.69, 9.17) is 0 Å². The number of rotatable bonds is 5. The van der Waals surface area contributed by atoms with Gasteiger partial charge in [-0.25, -0.2) is 8.42 Å². The van der Waals surface area contributed by atoms with E-state index in [1.165, 1.54) is 6.26 Å². The summed E-state index contributed by atoms with van der Waals surface area (Å²) >= 11 is 0. The topological polar surface area (TPSA) is 66.4 Å². The van der Waals surface area contributed by atoms with Crippen LogP contribution in [-0.4, -0.2) is 43.7 Å². The Morgan fingerprint density at radius 3 is 2.17 bits per heavy atom. The van der Waals surface area contributed by atoms with E-state index >= 15 is 0 Å². The normalized spacial score (nSPS) is 24.7. The molecule has 1 saturated carbocycles. The van der Waals surface area contributed by atoms with Crippen LogP contribution in [0.25, 0.3) is 0 Å². The maximum atomic E-state index is 11.2. The minimum Gasteiger partial charge on any atom is -0.389 e. The van der Waals surface area contributed by atoms with Crippen LogP contribution in [0, 0.1) is 5.41 Å². The molecule has 0 bridgehead atoms. The molecular formula is C13H27NO3S. The van der Waals surface area contributed by atoms with E-state index in [0.29, 0.717) is 12.0 Å². The molecule has 2 N–H and O–H groups in total. The van der Waals surface area contributed by atoms with Crippen molar-refractivity contribution in [1.29, 1.82) is 0 Å². The van der Waals surface area contributed by atoms with Crippen molar-refractivity contribution in [3.05, 3.63) is 0 Å². The standard InChI is InChI=1S/C13H27NO3S/c1-11(9-18(4,16)17)14-10-13(15)7-5-12(2,3)6-8-13/h11,14-15H,5-10H2,1-4H3. The summed E-state index contributed by atoms with van der Waals surface area (Å²) in [5.41, 5.74) is -0.341. The number of aliphatic hydroxyl groups is 1.